The minimum atomic E-state index is -0.359. The van der Waals surface area contributed by atoms with Gasteiger partial charge in [0, 0.05) is 17.4 Å². The molecule has 0 unspecified atom stereocenters. The molecule has 0 saturated carbocycles. The largest absolute Gasteiger partial charge is 0.423 e. The maximum Gasteiger partial charge on any atom is 0.336 e. The first-order valence-electron chi connectivity index (χ1n) is 6.84. The molecule has 0 aliphatic carbocycles. The summed E-state index contributed by atoms with van der Waals surface area (Å²) >= 11 is 0. The van der Waals surface area contributed by atoms with Crippen LogP contribution in [0, 0.1) is 6.92 Å². The summed E-state index contributed by atoms with van der Waals surface area (Å²) in [7, 11) is 0. The first-order chi connectivity index (χ1) is 10.0. The molecule has 2 heterocycles. The lowest BCUT2D eigenvalue weighted by atomic mass is 10.1. The zero-order valence-electron chi connectivity index (χ0n) is 12.2. The summed E-state index contributed by atoms with van der Waals surface area (Å²) in [6, 6.07) is 7.32. The fourth-order valence-corrected chi connectivity index (χ4v) is 2.37. The van der Waals surface area contributed by atoms with Crippen molar-refractivity contribution < 1.29 is 4.42 Å². The van der Waals surface area contributed by atoms with E-state index in [4.69, 9.17) is 4.42 Å². The van der Waals surface area contributed by atoms with E-state index in [1.165, 1.54) is 6.07 Å². The van der Waals surface area contributed by atoms with Crippen LogP contribution < -0.4 is 5.63 Å². The zero-order valence-corrected chi connectivity index (χ0v) is 12.2. The van der Waals surface area contributed by atoms with Gasteiger partial charge in [0.1, 0.15) is 5.58 Å². The van der Waals surface area contributed by atoms with E-state index < -0.39 is 0 Å². The molecule has 6 heteroatoms. The second kappa shape index (κ2) is 5.12. The number of rotatable bonds is 3. The van der Waals surface area contributed by atoms with Gasteiger partial charge in [-0.3, -0.25) is 0 Å². The standard InChI is InChI=1S/C15H16N4O2/c1-9(2)15-16-17-18-19(15)8-11-7-14(20)21-13-6-10(3)4-5-12(11)13/h4-7,9H,8H2,1-3H3. The lowest BCUT2D eigenvalue weighted by molar-refractivity contribution is 0.551. The molecule has 21 heavy (non-hydrogen) atoms. The molecule has 3 aromatic rings. The molecule has 0 saturated heterocycles. The van der Waals surface area contributed by atoms with Gasteiger partial charge in [-0.25, -0.2) is 9.48 Å². The van der Waals surface area contributed by atoms with Crippen LogP contribution >= 0.6 is 0 Å². The van der Waals surface area contributed by atoms with Crippen LogP contribution in [0.1, 0.15) is 36.7 Å². The van der Waals surface area contributed by atoms with Crippen molar-refractivity contribution in [2.45, 2.75) is 33.2 Å². The monoisotopic (exact) mass is 284 g/mol. The molecule has 0 N–H and O–H groups in total. The van der Waals surface area contributed by atoms with E-state index in [-0.39, 0.29) is 11.5 Å². The minimum absolute atomic E-state index is 0.216. The molecule has 1 aromatic carbocycles. The van der Waals surface area contributed by atoms with Crippen LogP contribution in [0.5, 0.6) is 0 Å². The highest BCUT2D eigenvalue weighted by Gasteiger charge is 2.13. The highest BCUT2D eigenvalue weighted by Crippen LogP contribution is 2.20. The summed E-state index contributed by atoms with van der Waals surface area (Å²) < 4.78 is 6.98. The third-order valence-electron chi connectivity index (χ3n) is 3.38. The van der Waals surface area contributed by atoms with Gasteiger partial charge in [-0.2, -0.15) is 0 Å². The second-order valence-corrected chi connectivity index (χ2v) is 5.44. The van der Waals surface area contributed by atoms with E-state index in [9.17, 15) is 4.79 Å². The number of aromatic nitrogens is 4. The van der Waals surface area contributed by atoms with E-state index in [0.29, 0.717) is 12.1 Å². The fraction of sp³-hybridized carbons (Fsp3) is 0.333. The molecule has 0 atom stereocenters. The molecule has 0 spiro atoms. The van der Waals surface area contributed by atoms with E-state index in [1.807, 2.05) is 39.0 Å². The fourth-order valence-electron chi connectivity index (χ4n) is 2.37. The number of hydrogen-bond acceptors (Lipinski definition) is 5. The van der Waals surface area contributed by atoms with Crippen LogP contribution in [0.3, 0.4) is 0 Å². The summed E-state index contributed by atoms with van der Waals surface area (Å²) in [4.78, 5) is 11.7. The van der Waals surface area contributed by atoms with Crippen LogP contribution in [0.2, 0.25) is 0 Å². The Bertz CT molecular complexity index is 848. The maximum absolute atomic E-state index is 11.7. The number of benzene rings is 1. The van der Waals surface area contributed by atoms with Gasteiger partial charge in [0.05, 0.1) is 6.54 Å². The smallest absolute Gasteiger partial charge is 0.336 e. The maximum atomic E-state index is 11.7. The number of nitrogens with zero attached hydrogens (tertiary/aromatic N) is 4. The van der Waals surface area contributed by atoms with Crippen LogP contribution in [0.25, 0.3) is 11.0 Å². The molecule has 0 aliphatic rings. The van der Waals surface area contributed by atoms with Crippen molar-refractivity contribution in [3.63, 3.8) is 0 Å². The van der Waals surface area contributed by atoms with Gasteiger partial charge in [-0.15, -0.1) is 5.10 Å². The summed E-state index contributed by atoms with van der Waals surface area (Å²) in [6.07, 6.45) is 0. The van der Waals surface area contributed by atoms with Gasteiger partial charge < -0.3 is 4.42 Å². The lowest BCUT2D eigenvalue weighted by Gasteiger charge is -2.09. The number of aryl methyl sites for hydroxylation is 1. The summed E-state index contributed by atoms with van der Waals surface area (Å²) in [6.45, 7) is 6.47. The van der Waals surface area contributed by atoms with Crippen molar-refractivity contribution in [2.24, 2.45) is 0 Å². The van der Waals surface area contributed by atoms with Crippen LogP contribution in [0.4, 0.5) is 0 Å². The zero-order chi connectivity index (χ0) is 15.0. The number of tetrazole rings is 1. The average Bonchev–Trinajstić information content (AvgIpc) is 2.86. The lowest BCUT2D eigenvalue weighted by Crippen LogP contribution is -2.11. The second-order valence-electron chi connectivity index (χ2n) is 5.44. The van der Waals surface area contributed by atoms with Gasteiger partial charge in [0.15, 0.2) is 5.82 Å². The number of fused-ring (bicyclic) bond motifs is 1. The Kier molecular flexibility index (Phi) is 3.29. The Labute approximate surface area is 121 Å². The summed E-state index contributed by atoms with van der Waals surface area (Å²) in [5, 5.41) is 12.7. The molecule has 0 fully saturated rings. The third-order valence-corrected chi connectivity index (χ3v) is 3.38. The molecule has 0 aliphatic heterocycles. The Balaban J connectivity index is 2.12. The Morgan fingerprint density at radius 1 is 1.29 bits per heavy atom. The van der Waals surface area contributed by atoms with E-state index in [2.05, 4.69) is 15.5 Å². The Morgan fingerprint density at radius 3 is 2.86 bits per heavy atom. The average molecular weight is 284 g/mol. The van der Waals surface area contributed by atoms with Crippen molar-refractivity contribution in [2.75, 3.05) is 0 Å². The highest BCUT2D eigenvalue weighted by molar-refractivity contribution is 5.80. The molecule has 3 rings (SSSR count). The topological polar surface area (TPSA) is 73.8 Å². The SMILES string of the molecule is Cc1ccc2c(Cn3nnnc3C(C)C)cc(=O)oc2c1. The van der Waals surface area contributed by atoms with Crippen LogP contribution in [0.15, 0.2) is 33.5 Å². The Hall–Kier alpha value is -2.50. The summed E-state index contributed by atoms with van der Waals surface area (Å²) in [5.41, 5.74) is 2.14. The van der Waals surface area contributed by atoms with E-state index >= 15 is 0 Å². The first kappa shape index (κ1) is 13.5. The summed E-state index contributed by atoms with van der Waals surface area (Å²) in [5.74, 6) is 1.01. The van der Waals surface area contributed by atoms with Gasteiger partial charge in [-0.1, -0.05) is 26.0 Å². The van der Waals surface area contributed by atoms with Crippen molar-refractivity contribution >= 4 is 11.0 Å². The quantitative estimate of drug-likeness (QED) is 0.690. The third kappa shape index (κ3) is 2.56. The van der Waals surface area contributed by atoms with Crippen molar-refractivity contribution in [3.05, 3.63) is 51.6 Å². The normalized spacial score (nSPS) is 11.4. The van der Waals surface area contributed by atoms with Crippen molar-refractivity contribution in [1.29, 1.82) is 0 Å². The van der Waals surface area contributed by atoms with Gasteiger partial charge in [-0.05, 0) is 34.5 Å². The minimum Gasteiger partial charge on any atom is -0.423 e. The molecule has 108 valence electrons. The van der Waals surface area contributed by atoms with Gasteiger partial charge >= 0.3 is 5.63 Å². The highest BCUT2D eigenvalue weighted by atomic mass is 16.4. The van der Waals surface area contributed by atoms with Crippen molar-refractivity contribution in [1.82, 2.24) is 20.2 Å². The van der Waals surface area contributed by atoms with Gasteiger partial charge in [0.2, 0.25) is 0 Å². The first-order valence-corrected chi connectivity index (χ1v) is 6.84. The molecule has 0 bridgehead atoms. The van der Waals surface area contributed by atoms with Crippen LogP contribution in [-0.4, -0.2) is 20.2 Å². The molecular weight excluding hydrogens is 268 g/mol. The number of hydrogen-bond donors (Lipinski definition) is 0. The molecule has 0 amide bonds. The van der Waals surface area contributed by atoms with Gasteiger partial charge in [0.25, 0.3) is 0 Å². The Morgan fingerprint density at radius 2 is 2.10 bits per heavy atom. The van der Waals surface area contributed by atoms with Crippen molar-refractivity contribution in [3.8, 4) is 0 Å². The molecule has 6 nitrogen and oxygen atoms in total. The molecule has 2 aromatic heterocycles. The molecule has 0 radical (unpaired) electrons. The predicted octanol–water partition coefficient (Wildman–Crippen LogP) is 2.26. The van der Waals surface area contributed by atoms with E-state index in [0.717, 1.165) is 22.3 Å². The molecular formula is C15H16N4O2. The van der Waals surface area contributed by atoms with E-state index in [1.54, 1.807) is 4.68 Å². The predicted molar refractivity (Wildman–Crippen MR) is 78.2 cm³/mol. The van der Waals surface area contributed by atoms with Crippen LogP contribution in [-0.2, 0) is 6.54 Å².